The highest BCUT2D eigenvalue weighted by atomic mass is 16.1. The number of nitrogens with one attached hydrogen (secondary N) is 2. The van der Waals surface area contributed by atoms with Gasteiger partial charge in [0.2, 0.25) is 0 Å². The van der Waals surface area contributed by atoms with E-state index < -0.39 is 0 Å². The number of nitrogens with two attached hydrogens (primary N) is 1. The molecule has 0 fully saturated rings. The van der Waals surface area contributed by atoms with Crippen molar-refractivity contribution in [2.24, 2.45) is 0 Å². The first-order valence-electron chi connectivity index (χ1n) is 6.69. The maximum atomic E-state index is 11.6. The Morgan fingerprint density at radius 2 is 1.85 bits per heavy atom. The predicted octanol–water partition coefficient (Wildman–Crippen LogP) is 2.65. The fourth-order valence-corrected chi connectivity index (χ4v) is 1.91. The van der Waals surface area contributed by atoms with Crippen LogP contribution < -0.4 is 16.6 Å². The van der Waals surface area contributed by atoms with Crippen LogP contribution >= 0.6 is 0 Å². The molecule has 0 aliphatic rings. The first kappa shape index (κ1) is 14.1. The molecule has 0 radical (unpaired) electrons. The molecule has 4 N–H and O–H groups in total. The quantitative estimate of drug-likeness (QED) is 0.747. The normalized spacial score (nSPS) is 12.4. The van der Waals surface area contributed by atoms with E-state index in [4.69, 9.17) is 5.73 Å². The van der Waals surface area contributed by atoms with Crippen molar-refractivity contribution in [1.29, 1.82) is 0 Å². The topological polar surface area (TPSA) is 83.8 Å². The highest BCUT2D eigenvalue weighted by molar-refractivity contribution is 5.43. The molecule has 1 aromatic carbocycles. The van der Waals surface area contributed by atoms with Crippen molar-refractivity contribution in [3.05, 3.63) is 52.1 Å². The minimum absolute atomic E-state index is 0.0462. The zero-order valence-corrected chi connectivity index (χ0v) is 12.0. The van der Waals surface area contributed by atoms with Crippen LogP contribution in [-0.4, -0.2) is 9.97 Å². The Balaban J connectivity index is 2.21. The van der Waals surface area contributed by atoms with Crippen LogP contribution in [0.3, 0.4) is 0 Å². The van der Waals surface area contributed by atoms with Gasteiger partial charge in [-0.1, -0.05) is 26.0 Å². The van der Waals surface area contributed by atoms with Gasteiger partial charge in [-0.2, -0.15) is 0 Å². The standard InChI is InChI=1S/C15H20N4O/c1-9(2)15-18-13(8-14(20)19-15)17-10(3)11-4-6-12(16)7-5-11/h4-10H,16H2,1-3H3,(H2,17,18,19,20). The second-order valence-corrected chi connectivity index (χ2v) is 5.20. The van der Waals surface area contributed by atoms with Gasteiger partial charge in [-0.25, -0.2) is 4.98 Å². The van der Waals surface area contributed by atoms with Gasteiger partial charge in [0.15, 0.2) is 0 Å². The molecule has 0 aliphatic carbocycles. The number of H-pyrrole nitrogens is 1. The molecule has 0 amide bonds. The van der Waals surface area contributed by atoms with Crippen LogP contribution in [0, 0.1) is 0 Å². The molecule has 20 heavy (non-hydrogen) atoms. The van der Waals surface area contributed by atoms with Gasteiger partial charge in [0.05, 0.1) is 0 Å². The van der Waals surface area contributed by atoms with Crippen LogP contribution in [0.25, 0.3) is 0 Å². The lowest BCUT2D eigenvalue weighted by Crippen LogP contribution is -2.16. The summed E-state index contributed by atoms with van der Waals surface area (Å²) in [5, 5.41) is 3.24. The van der Waals surface area contributed by atoms with Gasteiger partial charge in [0.25, 0.3) is 5.56 Å². The maximum Gasteiger partial charge on any atom is 0.252 e. The van der Waals surface area contributed by atoms with Crippen LogP contribution in [0.4, 0.5) is 11.5 Å². The SMILES string of the molecule is CC(C)c1nc(NC(C)c2ccc(N)cc2)cc(=O)[nH]1. The Bertz CT molecular complexity index is 631. The second kappa shape index (κ2) is 5.77. The number of nitrogen functional groups attached to an aromatic ring is 1. The molecule has 0 saturated heterocycles. The number of aromatic nitrogens is 2. The van der Waals surface area contributed by atoms with Gasteiger partial charge in [0, 0.05) is 23.7 Å². The first-order valence-corrected chi connectivity index (χ1v) is 6.69. The van der Waals surface area contributed by atoms with Crippen LogP contribution in [0.5, 0.6) is 0 Å². The van der Waals surface area contributed by atoms with Crippen LogP contribution in [0.1, 0.15) is 44.1 Å². The summed E-state index contributed by atoms with van der Waals surface area (Å²) >= 11 is 0. The number of hydrogen-bond acceptors (Lipinski definition) is 4. The van der Waals surface area contributed by atoms with Gasteiger partial charge in [-0.15, -0.1) is 0 Å². The molecular formula is C15H20N4O. The fourth-order valence-electron chi connectivity index (χ4n) is 1.91. The highest BCUT2D eigenvalue weighted by Gasteiger charge is 2.09. The molecule has 5 heteroatoms. The minimum atomic E-state index is -0.143. The highest BCUT2D eigenvalue weighted by Crippen LogP contribution is 2.19. The summed E-state index contributed by atoms with van der Waals surface area (Å²) in [6, 6.07) is 9.16. The zero-order valence-electron chi connectivity index (χ0n) is 12.0. The zero-order chi connectivity index (χ0) is 14.7. The average molecular weight is 272 g/mol. The predicted molar refractivity (Wildman–Crippen MR) is 81.8 cm³/mol. The van der Waals surface area contributed by atoms with Crippen molar-refractivity contribution in [3.8, 4) is 0 Å². The molecule has 1 unspecified atom stereocenters. The third-order valence-electron chi connectivity index (χ3n) is 3.11. The number of aromatic amines is 1. The molecular weight excluding hydrogens is 252 g/mol. The number of anilines is 2. The van der Waals surface area contributed by atoms with E-state index in [2.05, 4.69) is 15.3 Å². The van der Waals surface area contributed by atoms with E-state index in [9.17, 15) is 4.79 Å². The summed E-state index contributed by atoms with van der Waals surface area (Å²) in [5.74, 6) is 1.45. The van der Waals surface area contributed by atoms with Gasteiger partial charge < -0.3 is 16.0 Å². The van der Waals surface area contributed by atoms with Crippen molar-refractivity contribution in [2.75, 3.05) is 11.1 Å². The fraction of sp³-hybridized carbons (Fsp3) is 0.333. The Morgan fingerprint density at radius 1 is 1.20 bits per heavy atom. The smallest absolute Gasteiger partial charge is 0.252 e. The van der Waals surface area contributed by atoms with Crippen LogP contribution in [0.15, 0.2) is 35.1 Å². The molecule has 0 saturated carbocycles. The lowest BCUT2D eigenvalue weighted by molar-refractivity contribution is 0.761. The number of hydrogen-bond donors (Lipinski definition) is 3. The number of nitrogens with zero attached hydrogens (tertiary/aromatic N) is 1. The number of rotatable bonds is 4. The first-order chi connectivity index (χ1) is 9.45. The van der Waals surface area contributed by atoms with Gasteiger partial charge in [0.1, 0.15) is 11.6 Å². The summed E-state index contributed by atoms with van der Waals surface area (Å²) in [7, 11) is 0. The van der Waals surface area contributed by atoms with Crippen molar-refractivity contribution >= 4 is 11.5 Å². The largest absolute Gasteiger partial charge is 0.399 e. The van der Waals surface area contributed by atoms with Gasteiger partial charge in [-0.3, -0.25) is 4.79 Å². The summed E-state index contributed by atoms with van der Waals surface area (Å²) in [4.78, 5) is 18.8. The third-order valence-corrected chi connectivity index (χ3v) is 3.11. The summed E-state index contributed by atoms with van der Waals surface area (Å²) in [5.41, 5.74) is 7.36. The lowest BCUT2D eigenvalue weighted by atomic mass is 10.1. The average Bonchev–Trinajstić information content (AvgIpc) is 2.38. The molecule has 0 aliphatic heterocycles. The second-order valence-electron chi connectivity index (χ2n) is 5.20. The Hall–Kier alpha value is -2.30. The van der Waals surface area contributed by atoms with Gasteiger partial charge in [-0.05, 0) is 24.6 Å². The van der Waals surface area contributed by atoms with E-state index in [0.29, 0.717) is 11.6 Å². The number of benzene rings is 1. The molecule has 1 heterocycles. The lowest BCUT2D eigenvalue weighted by Gasteiger charge is -2.16. The Labute approximate surface area is 118 Å². The van der Waals surface area contributed by atoms with Crippen molar-refractivity contribution < 1.29 is 0 Å². The molecule has 5 nitrogen and oxygen atoms in total. The van der Waals surface area contributed by atoms with Gasteiger partial charge >= 0.3 is 0 Å². The summed E-state index contributed by atoms with van der Waals surface area (Å²) in [6.07, 6.45) is 0. The van der Waals surface area contributed by atoms with E-state index in [-0.39, 0.29) is 17.5 Å². The van der Waals surface area contributed by atoms with E-state index in [1.165, 1.54) is 6.07 Å². The van der Waals surface area contributed by atoms with E-state index in [0.717, 1.165) is 11.3 Å². The third kappa shape index (κ3) is 3.38. The van der Waals surface area contributed by atoms with E-state index >= 15 is 0 Å². The molecule has 0 spiro atoms. The van der Waals surface area contributed by atoms with Crippen molar-refractivity contribution in [2.45, 2.75) is 32.7 Å². The minimum Gasteiger partial charge on any atom is -0.399 e. The molecule has 106 valence electrons. The monoisotopic (exact) mass is 272 g/mol. The summed E-state index contributed by atoms with van der Waals surface area (Å²) in [6.45, 7) is 6.00. The van der Waals surface area contributed by atoms with Crippen molar-refractivity contribution in [3.63, 3.8) is 0 Å². The van der Waals surface area contributed by atoms with E-state index in [1.54, 1.807) is 0 Å². The molecule has 0 bridgehead atoms. The Kier molecular flexibility index (Phi) is 4.08. The van der Waals surface area contributed by atoms with Crippen molar-refractivity contribution in [1.82, 2.24) is 9.97 Å². The summed E-state index contributed by atoms with van der Waals surface area (Å²) < 4.78 is 0. The van der Waals surface area contributed by atoms with Crippen LogP contribution in [-0.2, 0) is 0 Å². The molecule has 2 aromatic rings. The maximum absolute atomic E-state index is 11.6. The molecule has 2 rings (SSSR count). The molecule has 1 atom stereocenters. The Morgan fingerprint density at radius 3 is 2.45 bits per heavy atom. The molecule has 1 aromatic heterocycles. The van der Waals surface area contributed by atoms with E-state index in [1.807, 2.05) is 45.0 Å². The van der Waals surface area contributed by atoms with Crippen LogP contribution in [0.2, 0.25) is 0 Å².